The summed E-state index contributed by atoms with van der Waals surface area (Å²) in [4.78, 5) is 22.0. The summed E-state index contributed by atoms with van der Waals surface area (Å²) in [5, 5.41) is 9.99. The van der Waals surface area contributed by atoms with E-state index in [1.807, 2.05) is 31.3 Å². The predicted molar refractivity (Wildman–Crippen MR) is 71.0 cm³/mol. The number of nitrogens with zero attached hydrogens (tertiary/aromatic N) is 2. The number of aromatic nitrogens is 3. The largest absolute Gasteiger partial charge is 0.477 e. The number of carbonyl (C=O) groups is 1. The summed E-state index contributed by atoms with van der Waals surface area (Å²) in [5.74, 6) is -1.06. The number of nitrogens with one attached hydrogen (secondary N) is 1. The number of aromatic carboxylic acids is 1. The van der Waals surface area contributed by atoms with Gasteiger partial charge in [0.05, 0.1) is 5.69 Å². The van der Waals surface area contributed by atoms with Crippen LogP contribution >= 0.6 is 0 Å². The van der Waals surface area contributed by atoms with Crippen LogP contribution in [0.4, 0.5) is 0 Å². The molecule has 19 heavy (non-hydrogen) atoms. The Balaban J connectivity index is 2.22. The van der Waals surface area contributed by atoms with Gasteiger partial charge in [-0.15, -0.1) is 0 Å². The lowest BCUT2D eigenvalue weighted by atomic mass is 10.1. The molecular formula is C14H11N3O2. The SMILES string of the molecule is Cc1cccc2c(-c3cc(C(=O)O)ncn3)c[nH]c12. The van der Waals surface area contributed by atoms with E-state index >= 15 is 0 Å². The summed E-state index contributed by atoms with van der Waals surface area (Å²) >= 11 is 0. The summed E-state index contributed by atoms with van der Waals surface area (Å²) in [6, 6.07) is 7.45. The molecule has 0 saturated heterocycles. The van der Waals surface area contributed by atoms with Gasteiger partial charge in [-0.3, -0.25) is 0 Å². The standard InChI is InChI=1S/C14H11N3O2/c1-8-3-2-4-9-10(6-15-13(8)9)11-5-12(14(18)19)17-7-16-11/h2-7,15H,1H3,(H,18,19). The van der Waals surface area contributed by atoms with Crippen LogP contribution < -0.4 is 0 Å². The molecule has 1 aromatic carbocycles. The Morgan fingerprint density at radius 2 is 2.16 bits per heavy atom. The van der Waals surface area contributed by atoms with Crippen molar-refractivity contribution in [1.29, 1.82) is 0 Å². The van der Waals surface area contributed by atoms with Crippen LogP contribution in [0.2, 0.25) is 0 Å². The van der Waals surface area contributed by atoms with Gasteiger partial charge in [0.2, 0.25) is 0 Å². The Morgan fingerprint density at radius 3 is 2.95 bits per heavy atom. The third kappa shape index (κ3) is 1.85. The highest BCUT2D eigenvalue weighted by Crippen LogP contribution is 2.28. The highest BCUT2D eigenvalue weighted by molar-refractivity contribution is 5.97. The average molecular weight is 253 g/mol. The third-order valence-electron chi connectivity index (χ3n) is 3.09. The fourth-order valence-corrected chi connectivity index (χ4v) is 2.14. The number of para-hydroxylation sites is 1. The van der Waals surface area contributed by atoms with E-state index in [9.17, 15) is 4.79 Å². The smallest absolute Gasteiger partial charge is 0.354 e. The number of rotatable bonds is 2. The highest BCUT2D eigenvalue weighted by atomic mass is 16.4. The van der Waals surface area contributed by atoms with Crippen LogP contribution in [0.5, 0.6) is 0 Å². The number of H-pyrrole nitrogens is 1. The van der Waals surface area contributed by atoms with Crippen LogP contribution in [0, 0.1) is 6.92 Å². The quantitative estimate of drug-likeness (QED) is 0.735. The molecule has 2 heterocycles. The Morgan fingerprint density at radius 1 is 1.32 bits per heavy atom. The van der Waals surface area contributed by atoms with Gasteiger partial charge in [-0.25, -0.2) is 14.8 Å². The highest BCUT2D eigenvalue weighted by Gasteiger charge is 2.11. The number of hydrogen-bond donors (Lipinski definition) is 2. The Bertz CT molecular complexity index is 777. The molecule has 3 rings (SSSR count). The molecular weight excluding hydrogens is 242 g/mol. The fourth-order valence-electron chi connectivity index (χ4n) is 2.14. The van der Waals surface area contributed by atoms with Crippen molar-refractivity contribution in [3.8, 4) is 11.3 Å². The van der Waals surface area contributed by atoms with Crippen molar-refractivity contribution in [1.82, 2.24) is 15.0 Å². The van der Waals surface area contributed by atoms with E-state index in [2.05, 4.69) is 15.0 Å². The molecule has 0 unspecified atom stereocenters. The number of hydrogen-bond acceptors (Lipinski definition) is 3. The van der Waals surface area contributed by atoms with Crippen LogP contribution in [0.15, 0.2) is 36.8 Å². The van der Waals surface area contributed by atoms with E-state index < -0.39 is 5.97 Å². The normalized spacial score (nSPS) is 10.8. The molecule has 0 aliphatic carbocycles. The number of aryl methyl sites for hydroxylation is 1. The van der Waals surface area contributed by atoms with Crippen LogP contribution in [0.25, 0.3) is 22.2 Å². The summed E-state index contributed by atoms with van der Waals surface area (Å²) in [5.41, 5.74) is 3.64. The van der Waals surface area contributed by atoms with Gasteiger partial charge in [-0.05, 0) is 18.6 Å². The van der Waals surface area contributed by atoms with E-state index in [1.54, 1.807) is 0 Å². The molecule has 0 radical (unpaired) electrons. The first-order valence-electron chi connectivity index (χ1n) is 5.79. The van der Waals surface area contributed by atoms with Gasteiger partial charge in [-0.1, -0.05) is 18.2 Å². The molecule has 0 aliphatic heterocycles. The van der Waals surface area contributed by atoms with E-state index in [1.165, 1.54) is 12.4 Å². The van der Waals surface area contributed by atoms with Gasteiger partial charge in [0.15, 0.2) is 5.69 Å². The van der Waals surface area contributed by atoms with E-state index in [0.717, 1.165) is 22.0 Å². The van der Waals surface area contributed by atoms with Gasteiger partial charge in [0, 0.05) is 22.7 Å². The first kappa shape index (κ1) is 11.4. The van der Waals surface area contributed by atoms with Crippen LogP contribution in [-0.2, 0) is 0 Å². The van der Waals surface area contributed by atoms with Gasteiger partial charge < -0.3 is 10.1 Å². The second-order valence-electron chi connectivity index (χ2n) is 4.29. The maximum atomic E-state index is 10.9. The average Bonchev–Trinajstić information content (AvgIpc) is 2.84. The number of aromatic amines is 1. The van der Waals surface area contributed by atoms with Crippen LogP contribution in [0.1, 0.15) is 16.1 Å². The van der Waals surface area contributed by atoms with Crippen molar-refractivity contribution in [2.24, 2.45) is 0 Å². The molecule has 0 amide bonds. The minimum absolute atomic E-state index is 0.00740. The lowest BCUT2D eigenvalue weighted by Gasteiger charge is -2.00. The number of benzene rings is 1. The molecule has 94 valence electrons. The lowest BCUT2D eigenvalue weighted by Crippen LogP contribution is -2.00. The zero-order chi connectivity index (χ0) is 13.4. The fraction of sp³-hybridized carbons (Fsp3) is 0.0714. The number of carboxylic acid groups (broad SMARTS) is 1. The molecule has 3 aromatic rings. The first-order chi connectivity index (χ1) is 9.16. The van der Waals surface area contributed by atoms with Crippen LogP contribution in [-0.4, -0.2) is 26.0 Å². The van der Waals surface area contributed by atoms with E-state index in [-0.39, 0.29) is 5.69 Å². The molecule has 2 N–H and O–H groups in total. The van der Waals surface area contributed by atoms with Gasteiger partial charge in [-0.2, -0.15) is 0 Å². The minimum atomic E-state index is -1.06. The molecule has 5 nitrogen and oxygen atoms in total. The molecule has 0 spiro atoms. The summed E-state index contributed by atoms with van der Waals surface area (Å²) in [6.07, 6.45) is 3.11. The predicted octanol–water partition coefficient (Wildman–Crippen LogP) is 2.63. The van der Waals surface area contributed by atoms with Crippen molar-refractivity contribution in [3.63, 3.8) is 0 Å². The van der Waals surface area contributed by atoms with Crippen molar-refractivity contribution in [3.05, 3.63) is 48.0 Å². The maximum Gasteiger partial charge on any atom is 0.354 e. The topological polar surface area (TPSA) is 78.9 Å². The summed E-state index contributed by atoms with van der Waals surface area (Å²) < 4.78 is 0. The van der Waals surface area contributed by atoms with Crippen LogP contribution in [0.3, 0.4) is 0 Å². The lowest BCUT2D eigenvalue weighted by molar-refractivity contribution is 0.0690. The zero-order valence-electron chi connectivity index (χ0n) is 10.2. The summed E-state index contributed by atoms with van der Waals surface area (Å²) in [7, 11) is 0. The van der Waals surface area contributed by atoms with Crippen molar-refractivity contribution in [2.75, 3.05) is 0 Å². The van der Waals surface area contributed by atoms with Gasteiger partial charge >= 0.3 is 5.97 Å². The second-order valence-corrected chi connectivity index (χ2v) is 4.29. The molecule has 0 aliphatic rings. The van der Waals surface area contributed by atoms with Crippen molar-refractivity contribution in [2.45, 2.75) is 6.92 Å². The second kappa shape index (κ2) is 4.20. The van der Waals surface area contributed by atoms with E-state index in [0.29, 0.717) is 5.69 Å². The monoisotopic (exact) mass is 253 g/mol. The third-order valence-corrected chi connectivity index (χ3v) is 3.09. The van der Waals surface area contributed by atoms with Gasteiger partial charge in [0.25, 0.3) is 0 Å². The number of fused-ring (bicyclic) bond motifs is 1. The first-order valence-corrected chi connectivity index (χ1v) is 5.79. The maximum absolute atomic E-state index is 10.9. The minimum Gasteiger partial charge on any atom is -0.477 e. The molecule has 0 fully saturated rings. The molecule has 0 atom stereocenters. The zero-order valence-corrected chi connectivity index (χ0v) is 10.2. The molecule has 0 saturated carbocycles. The Hall–Kier alpha value is -2.69. The molecule has 0 bridgehead atoms. The Labute approximate surface area is 109 Å². The van der Waals surface area contributed by atoms with Gasteiger partial charge in [0.1, 0.15) is 6.33 Å². The molecule has 5 heteroatoms. The van der Waals surface area contributed by atoms with Crippen molar-refractivity contribution >= 4 is 16.9 Å². The van der Waals surface area contributed by atoms with Crippen molar-refractivity contribution < 1.29 is 9.90 Å². The number of carboxylic acids is 1. The Kier molecular flexibility index (Phi) is 2.52. The molecule has 2 aromatic heterocycles. The van der Waals surface area contributed by atoms with E-state index in [4.69, 9.17) is 5.11 Å². The summed E-state index contributed by atoms with van der Waals surface area (Å²) in [6.45, 7) is 2.02.